The van der Waals surface area contributed by atoms with Gasteiger partial charge in [0.05, 0.1) is 0 Å². The van der Waals surface area contributed by atoms with E-state index in [-0.39, 0.29) is 0 Å². The highest BCUT2D eigenvalue weighted by Crippen LogP contribution is 2.51. The average molecular weight is 193 g/mol. The van der Waals surface area contributed by atoms with Crippen LogP contribution in [0, 0.1) is 23.7 Å². The van der Waals surface area contributed by atoms with Crippen LogP contribution in [0.4, 0.5) is 0 Å². The molecule has 0 aromatic heterocycles. The molecule has 2 bridgehead atoms. The van der Waals surface area contributed by atoms with E-state index in [1.807, 2.05) is 0 Å². The topological polar surface area (TPSA) is 26.0 Å². The van der Waals surface area contributed by atoms with Crippen molar-refractivity contribution in [3.8, 4) is 0 Å². The maximum Gasteiger partial charge on any atom is -0.00773 e. The van der Waals surface area contributed by atoms with Crippen LogP contribution in [0.25, 0.3) is 0 Å². The van der Waals surface area contributed by atoms with Crippen LogP contribution in [0.1, 0.15) is 39.0 Å². The van der Waals surface area contributed by atoms with E-state index in [0.29, 0.717) is 0 Å². The highest BCUT2D eigenvalue weighted by molar-refractivity contribution is 5.13. The quantitative estimate of drug-likeness (QED) is 0.527. The van der Waals surface area contributed by atoms with E-state index in [0.717, 1.165) is 30.2 Å². The number of hydrogen-bond acceptors (Lipinski definition) is 1. The van der Waals surface area contributed by atoms with Crippen molar-refractivity contribution in [3.05, 3.63) is 12.2 Å². The van der Waals surface area contributed by atoms with Gasteiger partial charge in [-0.25, -0.2) is 0 Å². The zero-order chi connectivity index (χ0) is 9.97. The third kappa shape index (κ3) is 1.75. The average Bonchev–Trinajstić information content (AvgIpc) is 2.78. The first kappa shape index (κ1) is 10.2. The first-order valence-corrected chi connectivity index (χ1v) is 6.25. The van der Waals surface area contributed by atoms with E-state index >= 15 is 0 Å². The van der Waals surface area contributed by atoms with Gasteiger partial charge < -0.3 is 5.73 Å². The summed E-state index contributed by atoms with van der Waals surface area (Å²) in [6.07, 6.45) is 11.7. The van der Waals surface area contributed by atoms with Gasteiger partial charge >= 0.3 is 0 Å². The number of fused-ring (bicyclic) bond motifs is 2. The largest absolute Gasteiger partial charge is 0.330 e. The van der Waals surface area contributed by atoms with Gasteiger partial charge in [0.25, 0.3) is 0 Å². The second-order valence-corrected chi connectivity index (χ2v) is 4.97. The minimum Gasteiger partial charge on any atom is -0.330 e. The lowest BCUT2D eigenvalue weighted by atomic mass is 9.78. The molecule has 0 aliphatic heterocycles. The number of allylic oxidation sites excluding steroid dienone is 2. The number of unbranched alkanes of at least 4 members (excludes halogenated alkanes) is 1. The molecule has 4 atom stereocenters. The summed E-state index contributed by atoms with van der Waals surface area (Å²) in [5, 5.41) is 0. The van der Waals surface area contributed by atoms with Crippen LogP contribution in [0.5, 0.6) is 0 Å². The fourth-order valence-corrected chi connectivity index (χ4v) is 3.58. The predicted molar refractivity (Wildman–Crippen MR) is 60.9 cm³/mol. The Hall–Kier alpha value is -0.300. The Kier molecular flexibility index (Phi) is 3.27. The molecule has 80 valence electrons. The van der Waals surface area contributed by atoms with Gasteiger partial charge in [-0.1, -0.05) is 31.9 Å². The molecule has 0 heterocycles. The molecule has 0 spiro atoms. The first-order valence-electron chi connectivity index (χ1n) is 6.25. The summed E-state index contributed by atoms with van der Waals surface area (Å²) in [5.41, 5.74) is 5.54. The molecular formula is C13H23N. The summed E-state index contributed by atoms with van der Waals surface area (Å²) in [7, 11) is 0. The van der Waals surface area contributed by atoms with Gasteiger partial charge in [0.2, 0.25) is 0 Å². The van der Waals surface area contributed by atoms with Crippen molar-refractivity contribution in [3.63, 3.8) is 0 Å². The number of nitrogens with two attached hydrogens (primary N) is 1. The predicted octanol–water partition coefficient (Wildman–Crippen LogP) is 2.96. The van der Waals surface area contributed by atoms with Crippen molar-refractivity contribution >= 4 is 0 Å². The molecule has 2 N–H and O–H groups in total. The van der Waals surface area contributed by atoms with Crippen molar-refractivity contribution in [2.24, 2.45) is 29.4 Å². The highest BCUT2D eigenvalue weighted by Gasteiger charge is 2.42. The lowest BCUT2D eigenvalue weighted by molar-refractivity contribution is 0.277. The lowest BCUT2D eigenvalue weighted by Gasteiger charge is -2.27. The molecule has 1 nitrogen and oxygen atoms in total. The molecule has 2 aliphatic carbocycles. The van der Waals surface area contributed by atoms with Crippen LogP contribution in [-0.4, -0.2) is 6.54 Å². The standard InChI is InChI=1S/C13H23N/c1-2-12-10-6-7-11(9-10)13(12)5-3-4-8-14/h6-7,10-13H,2-5,8-9,14H2,1H3. The molecule has 1 heteroatoms. The second-order valence-electron chi connectivity index (χ2n) is 4.97. The summed E-state index contributed by atoms with van der Waals surface area (Å²) in [4.78, 5) is 0. The van der Waals surface area contributed by atoms with Gasteiger partial charge in [0.15, 0.2) is 0 Å². The van der Waals surface area contributed by atoms with Crippen LogP contribution in [-0.2, 0) is 0 Å². The maximum atomic E-state index is 5.54. The van der Waals surface area contributed by atoms with Crippen LogP contribution in [0.15, 0.2) is 12.2 Å². The smallest absolute Gasteiger partial charge is 0.00773 e. The number of rotatable bonds is 5. The molecule has 0 aromatic carbocycles. The van der Waals surface area contributed by atoms with E-state index in [1.54, 1.807) is 0 Å². The minimum absolute atomic E-state index is 0.868. The summed E-state index contributed by atoms with van der Waals surface area (Å²) in [6.45, 7) is 3.22. The fourth-order valence-electron chi connectivity index (χ4n) is 3.58. The van der Waals surface area contributed by atoms with E-state index in [4.69, 9.17) is 5.73 Å². The molecule has 0 radical (unpaired) electrons. The van der Waals surface area contributed by atoms with Crippen molar-refractivity contribution in [1.82, 2.24) is 0 Å². The SMILES string of the molecule is CCC1C2C=CC(C2)C1CCCCN. The summed E-state index contributed by atoms with van der Waals surface area (Å²) >= 11 is 0. The van der Waals surface area contributed by atoms with Gasteiger partial charge in [0.1, 0.15) is 0 Å². The van der Waals surface area contributed by atoms with Crippen molar-refractivity contribution in [2.45, 2.75) is 39.0 Å². The molecule has 14 heavy (non-hydrogen) atoms. The van der Waals surface area contributed by atoms with Gasteiger partial charge in [-0.2, -0.15) is 0 Å². The Morgan fingerprint density at radius 2 is 1.86 bits per heavy atom. The third-order valence-electron chi connectivity index (χ3n) is 4.26. The summed E-state index contributed by atoms with van der Waals surface area (Å²) < 4.78 is 0. The Morgan fingerprint density at radius 1 is 1.14 bits per heavy atom. The Bertz CT molecular complexity index is 209. The minimum atomic E-state index is 0.868. The molecule has 4 unspecified atom stereocenters. The van der Waals surface area contributed by atoms with Gasteiger partial charge in [-0.15, -0.1) is 0 Å². The first-order chi connectivity index (χ1) is 6.86. The van der Waals surface area contributed by atoms with E-state index in [1.165, 1.54) is 32.1 Å². The number of hydrogen-bond donors (Lipinski definition) is 1. The molecule has 1 saturated carbocycles. The maximum absolute atomic E-state index is 5.54. The molecule has 0 saturated heterocycles. The monoisotopic (exact) mass is 193 g/mol. The van der Waals surface area contributed by atoms with Crippen molar-refractivity contribution in [2.75, 3.05) is 6.54 Å². The normalized spacial score (nSPS) is 39.6. The molecule has 0 amide bonds. The summed E-state index contributed by atoms with van der Waals surface area (Å²) in [6, 6.07) is 0. The Labute approximate surface area is 87.8 Å². The highest BCUT2D eigenvalue weighted by atomic mass is 14.5. The molecule has 2 rings (SSSR count). The van der Waals surface area contributed by atoms with Gasteiger partial charge in [-0.05, 0) is 49.5 Å². The van der Waals surface area contributed by atoms with Gasteiger partial charge in [-0.3, -0.25) is 0 Å². The van der Waals surface area contributed by atoms with E-state index in [9.17, 15) is 0 Å². The van der Waals surface area contributed by atoms with Crippen molar-refractivity contribution < 1.29 is 0 Å². The van der Waals surface area contributed by atoms with E-state index < -0.39 is 0 Å². The van der Waals surface area contributed by atoms with Crippen LogP contribution in [0.3, 0.4) is 0 Å². The zero-order valence-corrected chi connectivity index (χ0v) is 9.28. The Balaban J connectivity index is 1.87. The van der Waals surface area contributed by atoms with E-state index in [2.05, 4.69) is 19.1 Å². The zero-order valence-electron chi connectivity index (χ0n) is 9.28. The third-order valence-corrected chi connectivity index (χ3v) is 4.26. The second kappa shape index (κ2) is 4.48. The van der Waals surface area contributed by atoms with Gasteiger partial charge in [0, 0.05) is 0 Å². The van der Waals surface area contributed by atoms with Crippen LogP contribution < -0.4 is 5.73 Å². The lowest BCUT2D eigenvalue weighted by Crippen LogP contribution is -2.19. The van der Waals surface area contributed by atoms with Crippen LogP contribution in [0.2, 0.25) is 0 Å². The van der Waals surface area contributed by atoms with Crippen LogP contribution >= 0.6 is 0 Å². The fraction of sp³-hybridized carbons (Fsp3) is 0.846. The molecule has 2 aliphatic rings. The summed E-state index contributed by atoms with van der Waals surface area (Å²) in [5.74, 6) is 3.82. The van der Waals surface area contributed by atoms with Crippen molar-refractivity contribution in [1.29, 1.82) is 0 Å². The molecular weight excluding hydrogens is 170 g/mol. The molecule has 1 fully saturated rings. The molecule has 0 aromatic rings. The Morgan fingerprint density at radius 3 is 2.50 bits per heavy atom.